The lowest BCUT2D eigenvalue weighted by Gasteiger charge is -2.15. The minimum atomic E-state index is 0.135. The summed E-state index contributed by atoms with van der Waals surface area (Å²) in [5, 5.41) is 8.77. The third-order valence-electron chi connectivity index (χ3n) is 3.20. The van der Waals surface area contributed by atoms with E-state index in [-0.39, 0.29) is 12.0 Å². The van der Waals surface area contributed by atoms with Crippen molar-refractivity contribution in [3.8, 4) is 17.8 Å². The highest BCUT2D eigenvalue weighted by Gasteiger charge is 2.17. The van der Waals surface area contributed by atoms with E-state index in [9.17, 15) is 0 Å². The summed E-state index contributed by atoms with van der Waals surface area (Å²) in [7, 11) is 0. The predicted octanol–water partition coefficient (Wildman–Crippen LogP) is 1.72. The molecule has 0 unspecified atom stereocenters. The van der Waals surface area contributed by atoms with Crippen LogP contribution in [0.25, 0.3) is 0 Å². The molecule has 106 valence electrons. The Bertz CT molecular complexity index is 673. The van der Waals surface area contributed by atoms with Crippen molar-refractivity contribution >= 4 is 11.9 Å². The highest BCUT2D eigenvalue weighted by atomic mass is 16.5. The topological polar surface area (TPSA) is 101 Å². The molecule has 3 rings (SSSR count). The van der Waals surface area contributed by atoms with Crippen LogP contribution in [0.2, 0.25) is 0 Å². The Kier molecular flexibility index (Phi) is 3.51. The smallest absolute Gasteiger partial charge is 0.328 e. The Balaban J connectivity index is 1.82. The maximum Gasteiger partial charge on any atom is 0.328 e. The second kappa shape index (κ2) is 5.63. The fourth-order valence-corrected chi connectivity index (χ4v) is 2.17. The van der Waals surface area contributed by atoms with Gasteiger partial charge in [-0.2, -0.15) is 20.2 Å². The number of nitrogens with two attached hydrogens (primary N) is 1. The third kappa shape index (κ3) is 3.00. The quantitative estimate of drug-likeness (QED) is 0.914. The van der Waals surface area contributed by atoms with Crippen LogP contribution in [0.4, 0.5) is 11.9 Å². The van der Waals surface area contributed by atoms with Crippen molar-refractivity contribution < 1.29 is 4.74 Å². The van der Waals surface area contributed by atoms with Crippen LogP contribution in [0.5, 0.6) is 11.8 Å². The van der Waals surface area contributed by atoms with E-state index in [1.165, 1.54) is 0 Å². The lowest BCUT2D eigenvalue weighted by Crippen LogP contribution is -2.21. The van der Waals surface area contributed by atoms with Gasteiger partial charge in [-0.25, -0.2) is 0 Å². The average Bonchev–Trinajstić information content (AvgIpc) is 3.02. The van der Waals surface area contributed by atoms with Crippen LogP contribution in [0, 0.1) is 11.3 Å². The molecular weight excluding hydrogens is 268 g/mol. The summed E-state index contributed by atoms with van der Waals surface area (Å²) in [4.78, 5) is 14.5. The second-order valence-electron chi connectivity index (χ2n) is 4.71. The first kappa shape index (κ1) is 13.1. The van der Waals surface area contributed by atoms with Crippen LogP contribution < -0.4 is 15.4 Å². The number of hydrogen-bond acceptors (Lipinski definition) is 7. The minimum Gasteiger partial charge on any atom is -0.424 e. The van der Waals surface area contributed by atoms with Crippen LogP contribution in [0.15, 0.2) is 24.3 Å². The van der Waals surface area contributed by atoms with Gasteiger partial charge in [0.1, 0.15) is 5.75 Å². The molecule has 1 fully saturated rings. The summed E-state index contributed by atoms with van der Waals surface area (Å²) in [5.41, 5.74) is 6.28. The van der Waals surface area contributed by atoms with Gasteiger partial charge in [-0.15, -0.1) is 0 Å². The third-order valence-corrected chi connectivity index (χ3v) is 3.20. The minimum absolute atomic E-state index is 0.135. The molecule has 7 nitrogen and oxygen atoms in total. The van der Waals surface area contributed by atoms with Crippen LogP contribution in [0.1, 0.15) is 18.4 Å². The Morgan fingerprint density at radius 3 is 2.48 bits per heavy atom. The molecule has 0 amide bonds. The lowest BCUT2D eigenvalue weighted by atomic mass is 10.2. The Labute approximate surface area is 122 Å². The van der Waals surface area contributed by atoms with Gasteiger partial charge >= 0.3 is 6.01 Å². The molecule has 2 heterocycles. The van der Waals surface area contributed by atoms with Gasteiger partial charge in [0.2, 0.25) is 11.9 Å². The number of anilines is 2. The molecule has 7 heteroatoms. The first-order chi connectivity index (χ1) is 10.2. The molecule has 1 aliphatic heterocycles. The van der Waals surface area contributed by atoms with Gasteiger partial charge < -0.3 is 15.4 Å². The normalized spacial score (nSPS) is 14.0. The van der Waals surface area contributed by atoms with E-state index in [2.05, 4.69) is 19.9 Å². The van der Waals surface area contributed by atoms with E-state index < -0.39 is 0 Å². The first-order valence-electron chi connectivity index (χ1n) is 6.69. The molecule has 0 aliphatic carbocycles. The maximum atomic E-state index is 8.77. The molecule has 0 bridgehead atoms. The van der Waals surface area contributed by atoms with Crippen LogP contribution >= 0.6 is 0 Å². The predicted molar refractivity (Wildman–Crippen MR) is 76.9 cm³/mol. The lowest BCUT2D eigenvalue weighted by molar-refractivity contribution is 0.440. The number of nitrogen functional groups attached to an aromatic ring is 1. The van der Waals surface area contributed by atoms with Crippen molar-refractivity contribution in [2.75, 3.05) is 23.7 Å². The van der Waals surface area contributed by atoms with E-state index in [1.807, 2.05) is 6.07 Å². The zero-order valence-electron chi connectivity index (χ0n) is 11.4. The number of ether oxygens (including phenoxy) is 1. The molecule has 1 aliphatic rings. The summed E-state index contributed by atoms with van der Waals surface area (Å²) < 4.78 is 5.58. The number of nitrogens with zero attached hydrogens (tertiary/aromatic N) is 5. The number of hydrogen-bond donors (Lipinski definition) is 1. The summed E-state index contributed by atoms with van der Waals surface area (Å²) in [6.45, 7) is 1.83. The van der Waals surface area contributed by atoms with E-state index in [0.717, 1.165) is 25.9 Å². The molecule has 1 aromatic heterocycles. The number of aromatic nitrogens is 3. The summed E-state index contributed by atoms with van der Waals surface area (Å²) in [6, 6.07) is 8.92. The van der Waals surface area contributed by atoms with E-state index in [0.29, 0.717) is 17.3 Å². The number of benzene rings is 1. The molecule has 0 spiro atoms. The molecule has 0 radical (unpaired) electrons. The highest BCUT2D eigenvalue weighted by Crippen LogP contribution is 2.22. The van der Waals surface area contributed by atoms with Gasteiger partial charge in [0.25, 0.3) is 0 Å². The van der Waals surface area contributed by atoms with Gasteiger partial charge in [-0.05, 0) is 37.1 Å². The van der Waals surface area contributed by atoms with Crippen molar-refractivity contribution in [2.45, 2.75) is 12.8 Å². The summed E-state index contributed by atoms with van der Waals surface area (Å²) >= 11 is 0. The molecule has 0 atom stereocenters. The van der Waals surface area contributed by atoms with Gasteiger partial charge in [0.05, 0.1) is 11.6 Å². The van der Waals surface area contributed by atoms with Crippen molar-refractivity contribution in [1.29, 1.82) is 5.26 Å². The fraction of sp³-hybridized carbons (Fsp3) is 0.286. The molecular formula is C14H14N6O. The zero-order valence-corrected chi connectivity index (χ0v) is 11.4. The molecule has 21 heavy (non-hydrogen) atoms. The summed E-state index contributed by atoms with van der Waals surface area (Å²) in [5.74, 6) is 1.23. The van der Waals surface area contributed by atoms with Crippen molar-refractivity contribution in [2.24, 2.45) is 0 Å². The van der Waals surface area contributed by atoms with Crippen LogP contribution in [0.3, 0.4) is 0 Å². The van der Waals surface area contributed by atoms with Crippen LogP contribution in [-0.2, 0) is 0 Å². The number of nitriles is 1. The average molecular weight is 282 g/mol. The standard InChI is InChI=1S/C14H14N6O/c15-9-10-3-5-11(6-4-10)21-14-18-12(16)17-13(19-14)20-7-1-2-8-20/h3-6H,1-2,7-8H2,(H2,16,17,18,19). The molecule has 1 aromatic carbocycles. The van der Waals surface area contributed by atoms with Gasteiger partial charge in [-0.3, -0.25) is 0 Å². The first-order valence-corrected chi connectivity index (χ1v) is 6.69. The summed E-state index contributed by atoms with van der Waals surface area (Å²) in [6.07, 6.45) is 2.24. The van der Waals surface area contributed by atoms with Gasteiger partial charge in [0, 0.05) is 13.1 Å². The molecule has 1 saturated heterocycles. The van der Waals surface area contributed by atoms with Gasteiger partial charge in [0.15, 0.2) is 0 Å². The molecule has 2 aromatic rings. The van der Waals surface area contributed by atoms with Gasteiger partial charge in [-0.1, -0.05) is 0 Å². The van der Waals surface area contributed by atoms with Crippen molar-refractivity contribution in [1.82, 2.24) is 15.0 Å². The molecule has 2 N–H and O–H groups in total. The maximum absolute atomic E-state index is 8.77. The van der Waals surface area contributed by atoms with Crippen molar-refractivity contribution in [3.05, 3.63) is 29.8 Å². The van der Waals surface area contributed by atoms with Crippen molar-refractivity contribution in [3.63, 3.8) is 0 Å². The fourth-order valence-electron chi connectivity index (χ4n) is 2.17. The van der Waals surface area contributed by atoms with E-state index in [1.54, 1.807) is 24.3 Å². The SMILES string of the molecule is N#Cc1ccc(Oc2nc(N)nc(N3CCCC3)n2)cc1. The zero-order chi connectivity index (χ0) is 14.7. The largest absolute Gasteiger partial charge is 0.424 e. The Morgan fingerprint density at radius 2 is 1.81 bits per heavy atom. The monoisotopic (exact) mass is 282 g/mol. The van der Waals surface area contributed by atoms with E-state index >= 15 is 0 Å². The second-order valence-corrected chi connectivity index (χ2v) is 4.71. The number of rotatable bonds is 3. The van der Waals surface area contributed by atoms with E-state index in [4.69, 9.17) is 15.7 Å². The Hall–Kier alpha value is -2.88. The highest BCUT2D eigenvalue weighted by molar-refractivity contribution is 5.39. The Morgan fingerprint density at radius 1 is 1.10 bits per heavy atom. The van der Waals surface area contributed by atoms with Crippen LogP contribution in [-0.4, -0.2) is 28.0 Å². The molecule has 0 saturated carbocycles.